The molecule has 1 aromatic carbocycles. The van der Waals surface area contributed by atoms with Gasteiger partial charge in [0.15, 0.2) is 21.7 Å². The lowest BCUT2D eigenvalue weighted by Gasteiger charge is -2.42. The minimum atomic E-state index is -4.50. The highest BCUT2D eigenvalue weighted by Gasteiger charge is 2.51. The van der Waals surface area contributed by atoms with Crippen molar-refractivity contribution in [3.8, 4) is 6.01 Å². The van der Waals surface area contributed by atoms with Crippen molar-refractivity contribution in [2.24, 2.45) is 0 Å². The summed E-state index contributed by atoms with van der Waals surface area (Å²) in [4.78, 5) is 17.0. The molecule has 0 amide bonds. The predicted molar refractivity (Wildman–Crippen MR) is 168 cm³/mol. The highest BCUT2D eigenvalue weighted by Crippen LogP contribution is 2.49. The lowest BCUT2D eigenvalue weighted by Crippen LogP contribution is -2.54. The summed E-state index contributed by atoms with van der Waals surface area (Å²) in [6.45, 7) is 2.20. The second-order valence-electron chi connectivity index (χ2n) is 13.4. The molecule has 0 spiro atoms. The molecule has 0 aliphatic carbocycles. The molecule has 0 saturated carbocycles. The van der Waals surface area contributed by atoms with Crippen LogP contribution in [0.1, 0.15) is 43.4 Å². The number of halogens is 3. The first-order valence-corrected chi connectivity index (χ1v) is 18.2. The molecule has 47 heavy (non-hydrogen) atoms. The van der Waals surface area contributed by atoms with Crippen LogP contribution < -0.4 is 20.7 Å². The number of fused-ring (bicyclic) bond motifs is 5. The minimum Gasteiger partial charge on any atom is -0.461 e. The van der Waals surface area contributed by atoms with Crippen LogP contribution in [0.4, 0.5) is 24.1 Å². The third-order valence-corrected chi connectivity index (χ3v) is 13.2. The van der Waals surface area contributed by atoms with Crippen molar-refractivity contribution in [1.29, 1.82) is 0 Å². The summed E-state index contributed by atoms with van der Waals surface area (Å²) in [5.41, 5.74) is 4.79. The molecule has 12 nitrogen and oxygen atoms in total. The Labute approximate surface area is 272 Å². The molecule has 0 radical (unpaired) electrons. The number of thiazole rings is 1. The van der Waals surface area contributed by atoms with Crippen molar-refractivity contribution in [3.05, 3.63) is 29.2 Å². The zero-order valence-electron chi connectivity index (χ0n) is 25.3. The number of nitrogens with zero attached hydrogens (tertiary/aromatic N) is 6. The Morgan fingerprint density at radius 2 is 1.91 bits per heavy atom. The van der Waals surface area contributed by atoms with Crippen LogP contribution in [-0.2, 0) is 14.8 Å². The number of ether oxygens (including phenoxy) is 2. The van der Waals surface area contributed by atoms with Gasteiger partial charge in [-0.15, -0.1) is 0 Å². The number of nitrogens with two attached hydrogens (primary N) is 1. The lowest BCUT2D eigenvalue weighted by molar-refractivity contribution is -0.0232. The van der Waals surface area contributed by atoms with Crippen LogP contribution in [0.15, 0.2) is 17.0 Å². The molecule has 250 valence electrons. The smallest absolute Gasteiger partial charge is 0.319 e. The van der Waals surface area contributed by atoms with Gasteiger partial charge in [-0.05, 0) is 44.4 Å². The van der Waals surface area contributed by atoms with E-state index in [1.54, 1.807) is 0 Å². The average Bonchev–Trinajstić information content (AvgIpc) is 3.76. The number of benzene rings is 1. The van der Waals surface area contributed by atoms with E-state index < -0.39 is 45.1 Å². The number of aromatic nitrogens is 3. The number of nitrogens with one attached hydrogen (secondary N) is 1. The van der Waals surface area contributed by atoms with Crippen LogP contribution in [0.2, 0.25) is 0 Å². The number of hydrogen-bond donors (Lipinski definition) is 2. The SMILES string of the molecule is Nc1nc2c(C3=C(F)c4nc(OC[C@@]56CCCN5C[C@H](F)C6)nc(N5CC6CCC(C5)N6)c4S(=O)(=O)N3C3COC3)ccc(F)c2s1. The van der Waals surface area contributed by atoms with Gasteiger partial charge in [0.25, 0.3) is 10.0 Å². The molecule has 3 N–H and O–H groups in total. The van der Waals surface area contributed by atoms with Gasteiger partial charge in [0.05, 0.1) is 40.7 Å². The number of hydrogen-bond acceptors (Lipinski definition) is 12. The molecule has 9 rings (SSSR count). The summed E-state index contributed by atoms with van der Waals surface area (Å²) < 4.78 is 89.0. The number of nitrogen functional groups attached to an aromatic ring is 1. The van der Waals surface area contributed by atoms with Gasteiger partial charge in [-0.1, -0.05) is 11.3 Å². The first-order chi connectivity index (χ1) is 22.6. The van der Waals surface area contributed by atoms with E-state index in [0.29, 0.717) is 26.1 Å². The number of alkyl halides is 1. The number of sulfonamides is 1. The van der Waals surface area contributed by atoms with Gasteiger partial charge in [-0.3, -0.25) is 9.21 Å². The molecule has 2 unspecified atom stereocenters. The van der Waals surface area contributed by atoms with Crippen LogP contribution in [0.25, 0.3) is 21.7 Å². The van der Waals surface area contributed by atoms with Crippen LogP contribution in [0, 0.1) is 5.82 Å². The Morgan fingerprint density at radius 3 is 2.66 bits per heavy atom. The molecule has 2 aromatic heterocycles. The van der Waals surface area contributed by atoms with Gasteiger partial charge < -0.3 is 25.4 Å². The van der Waals surface area contributed by atoms with Crippen molar-refractivity contribution in [3.63, 3.8) is 0 Å². The second-order valence-corrected chi connectivity index (χ2v) is 16.2. The predicted octanol–water partition coefficient (Wildman–Crippen LogP) is 2.90. The van der Waals surface area contributed by atoms with E-state index in [1.165, 1.54) is 6.07 Å². The maximum Gasteiger partial charge on any atom is 0.319 e. The quantitative estimate of drug-likeness (QED) is 0.395. The van der Waals surface area contributed by atoms with E-state index in [9.17, 15) is 17.2 Å². The van der Waals surface area contributed by atoms with Crippen LogP contribution in [-0.4, -0.2) is 108 Å². The number of piperazine rings is 1. The van der Waals surface area contributed by atoms with Crippen LogP contribution >= 0.6 is 11.3 Å². The third kappa shape index (κ3) is 4.56. The molecule has 5 saturated heterocycles. The van der Waals surface area contributed by atoms with Crippen LogP contribution in [0.3, 0.4) is 0 Å². The Bertz CT molecular complexity index is 1930. The summed E-state index contributed by atoms with van der Waals surface area (Å²) >= 11 is 0.894. The Kier molecular flexibility index (Phi) is 6.75. The van der Waals surface area contributed by atoms with Gasteiger partial charge in [0, 0.05) is 43.7 Å². The molecule has 4 atom stereocenters. The van der Waals surface area contributed by atoms with Gasteiger partial charge in [-0.2, -0.15) is 9.97 Å². The normalized spacial score (nSPS) is 30.2. The number of rotatable bonds is 6. The monoisotopic (exact) mass is 690 g/mol. The van der Waals surface area contributed by atoms with Crippen molar-refractivity contribution in [2.45, 2.75) is 66.8 Å². The molecular formula is C30H33F3N8O4S2. The van der Waals surface area contributed by atoms with Crippen molar-refractivity contribution in [1.82, 2.24) is 29.5 Å². The molecular weight excluding hydrogens is 658 g/mol. The topological polar surface area (TPSA) is 139 Å². The van der Waals surface area contributed by atoms with E-state index in [0.717, 1.165) is 53.9 Å². The Hall–Kier alpha value is -3.25. The molecule has 6 aliphatic heterocycles. The van der Waals surface area contributed by atoms with E-state index >= 15 is 4.39 Å². The largest absolute Gasteiger partial charge is 0.461 e. The Morgan fingerprint density at radius 1 is 1.13 bits per heavy atom. The fourth-order valence-corrected chi connectivity index (χ4v) is 11.0. The zero-order chi connectivity index (χ0) is 32.2. The first kappa shape index (κ1) is 29.9. The maximum atomic E-state index is 17.3. The molecule has 6 aliphatic rings. The summed E-state index contributed by atoms with van der Waals surface area (Å²) in [7, 11) is -4.50. The third-order valence-electron chi connectivity index (χ3n) is 10.4. The van der Waals surface area contributed by atoms with E-state index in [1.807, 2.05) is 4.90 Å². The minimum absolute atomic E-state index is 0.0399. The van der Waals surface area contributed by atoms with Crippen LogP contribution in [0.5, 0.6) is 6.01 Å². The van der Waals surface area contributed by atoms with Gasteiger partial charge in [0.1, 0.15) is 24.3 Å². The van der Waals surface area contributed by atoms with Gasteiger partial charge in [0.2, 0.25) is 0 Å². The molecule has 2 bridgehead atoms. The lowest BCUT2D eigenvalue weighted by atomic mass is 9.95. The number of anilines is 2. The van der Waals surface area contributed by atoms with Crippen molar-refractivity contribution in [2.75, 3.05) is 56.6 Å². The van der Waals surface area contributed by atoms with Gasteiger partial charge in [-0.25, -0.2) is 26.6 Å². The summed E-state index contributed by atoms with van der Waals surface area (Å²) in [5.74, 6) is -1.47. The molecule has 3 aromatic rings. The van der Waals surface area contributed by atoms with E-state index in [-0.39, 0.29) is 75.2 Å². The summed E-state index contributed by atoms with van der Waals surface area (Å²) in [6, 6.07) is 1.80. The van der Waals surface area contributed by atoms with Gasteiger partial charge >= 0.3 is 6.01 Å². The fraction of sp³-hybridized carbons (Fsp3) is 0.567. The molecule has 17 heteroatoms. The highest BCUT2D eigenvalue weighted by molar-refractivity contribution is 7.89. The molecule has 8 heterocycles. The highest BCUT2D eigenvalue weighted by atomic mass is 32.2. The summed E-state index contributed by atoms with van der Waals surface area (Å²) in [6.07, 6.45) is 2.84. The second kappa shape index (κ2) is 10.6. The fourth-order valence-electron chi connectivity index (χ4n) is 8.29. The maximum absolute atomic E-state index is 17.3. The standard InChI is InChI=1S/C30H33F3N8O4S2/c31-15-8-30(6-1-7-40(30)9-15)14-45-29-37-23-21(33)24(19-4-5-20(32)25-22(19)36-28(34)46-25)41(18-12-44-13-18)47(42,43)26(23)27(38-29)39-10-16-2-3-17(11-39)35-16/h4-5,15-18,35H,1-3,6-14H2,(H2,34,36)/t15-,16?,17?,30+/m1/s1. The first-order valence-electron chi connectivity index (χ1n) is 15.9. The summed E-state index contributed by atoms with van der Waals surface area (Å²) in [5, 5.41) is 3.60. The molecule has 5 fully saturated rings. The van der Waals surface area contributed by atoms with E-state index in [4.69, 9.17) is 15.2 Å². The van der Waals surface area contributed by atoms with Crippen molar-refractivity contribution >= 4 is 54.1 Å². The van der Waals surface area contributed by atoms with E-state index in [2.05, 4.69) is 25.2 Å². The Balaban J connectivity index is 1.23. The average molecular weight is 691 g/mol. The van der Waals surface area contributed by atoms with Crippen molar-refractivity contribution < 1.29 is 31.1 Å². The zero-order valence-corrected chi connectivity index (χ0v) is 26.9.